The number of carbonyl (C=O) groups excluding carboxylic acids is 1. The molecule has 0 aromatic heterocycles. The van der Waals surface area contributed by atoms with E-state index in [2.05, 4.69) is 29.5 Å². The first-order chi connectivity index (χ1) is 10.9. The van der Waals surface area contributed by atoms with Crippen LogP contribution in [0.25, 0.3) is 0 Å². The van der Waals surface area contributed by atoms with Gasteiger partial charge in [-0.2, -0.15) is 0 Å². The van der Waals surface area contributed by atoms with Gasteiger partial charge in [-0.3, -0.25) is 4.99 Å². The molecule has 0 aliphatic heterocycles. The molecule has 1 aromatic rings. The van der Waals surface area contributed by atoms with Gasteiger partial charge in [-0.05, 0) is 38.3 Å². The molecule has 136 valence electrons. The largest absolute Gasteiger partial charge is 0.450 e. The van der Waals surface area contributed by atoms with Gasteiger partial charge < -0.3 is 21.1 Å². The standard InChI is InChI=1S/C17H28N4O2.HI/c1-5-23-17(22)21-15(10-12(2)3)11-19-16(18)20-14-8-6-13(4)7-9-14;/h6-9,12,15H,5,10-11H2,1-4H3,(H,21,22)(H3,18,19,20);1H. The highest BCUT2D eigenvalue weighted by molar-refractivity contribution is 14.0. The molecule has 0 spiro atoms. The number of alkyl carbamates (subject to hydrolysis) is 1. The van der Waals surface area contributed by atoms with Crippen molar-refractivity contribution in [2.45, 2.75) is 40.2 Å². The molecule has 1 atom stereocenters. The fourth-order valence-corrected chi connectivity index (χ4v) is 2.12. The Morgan fingerprint density at radius 1 is 1.29 bits per heavy atom. The van der Waals surface area contributed by atoms with E-state index in [-0.39, 0.29) is 30.0 Å². The lowest BCUT2D eigenvalue weighted by molar-refractivity contribution is 0.147. The molecule has 1 amide bonds. The van der Waals surface area contributed by atoms with Crippen LogP contribution in [0, 0.1) is 12.8 Å². The zero-order valence-corrected chi connectivity index (χ0v) is 17.2. The van der Waals surface area contributed by atoms with Crippen molar-refractivity contribution in [1.82, 2.24) is 5.32 Å². The number of anilines is 1. The Morgan fingerprint density at radius 3 is 2.46 bits per heavy atom. The van der Waals surface area contributed by atoms with E-state index in [1.54, 1.807) is 6.92 Å². The van der Waals surface area contributed by atoms with Gasteiger partial charge >= 0.3 is 6.09 Å². The summed E-state index contributed by atoms with van der Waals surface area (Å²) in [6, 6.07) is 7.78. The van der Waals surface area contributed by atoms with Gasteiger partial charge in [-0.25, -0.2) is 4.79 Å². The van der Waals surface area contributed by atoms with Crippen LogP contribution < -0.4 is 16.4 Å². The summed E-state index contributed by atoms with van der Waals surface area (Å²) in [5.74, 6) is 0.761. The first-order valence-corrected chi connectivity index (χ1v) is 7.97. The second kappa shape index (κ2) is 11.9. The normalized spacial score (nSPS) is 12.3. The van der Waals surface area contributed by atoms with E-state index in [0.717, 1.165) is 12.1 Å². The van der Waals surface area contributed by atoms with E-state index in [1.807, 2.05) is 31.2 Å². The van der Waals surface area contributed by atoms with Crippen LogP contribution in [0.1, 0.15) is 32.8 Å². The van der Waals surface area contributed by atoms with Crippen molar-refractivity contribution in [2.24, 2.45) is 16.6 Å². The lowest BCUT2D eigenvalue weighted by Gasteiger charge is -2.18. The van der Waals surface area contributed by atoms with Gasteiger partial charge in [0.1, 0.15) is 0 Å². The lowest BCUT2D eigenvalue weighted by Crippen LogP contribution is -2.39. The quantitative estimate of drug-likeness (QED) is 0.339. The fraction of sp³-hybridized carbons (Fsp3) is 0.529. The lowest BCUT2D eigenvalue weighted by atomic mass is 10.0. The zero-order chi connectivity index (χ0) is 17.2. The number of nitrogens with one attached hydrogen (secondary N) is 2. The van der Waals surface area contributed by atoms with E-state index in [9.17, 15) is 4.79 Å². The molecule has 7 heteroatoms. The highest BCUT2D eigenvalue weighted by Gasteiger charge is 2.14. The first kappa shape index (κ1) is 22.5. The van der Waals surface area contributed by atoms with Gasteiger partial charge in [-0.15, -0.1) is 24.0 Å². The third-order valence-electron chi connectivity index (χ3n) is 3.16. The van der Waals surface area contributed by atoms with Crippen molar-refractivity contribution in [3.05, 3.63) is 29.8 Å². The number of amides is 1. The Kier molecular flexibility index (Phi) is 11.2. The number of guanidine groups is 1. The maximum atomic E-state index is 11.6. The van der Waals surface area contributed by atoms with Crippen molar-refractivity contribution in [3.63, 3.8) is 0 Å². The number of carbonyl (C=O) groups is 1. The van der Waals surface area contributed by atoms with Gasteiger partial charge in [0.05, 0.1) is 19.2 Å². The Labute approximate surface area is 161 Å². The smallest absolute Gasteiger partial charge is 0.407 e. The maximum absolute atomic E-state index is 11.6. The summed E-state index contributed by atoms with van der Waals surface area (Å²) in [4.78, 5) is 15.9. The number of nitrogens with zero attached hydrogens (tertiary/aromatic N) is 1. The first-order valence-electron chi connectivity index (χ1n) is 7.97. The third-order valence-corrected chi connectivity index (χ3v) is 3.16. The molecule has 4 N–H and O–H groups in total. The molecule has 0 aliphatic rings. The molecule has 0 saturated heterocycles. The van der Waals surface area contributed by atoms with Crippen LogP contribution >= 0.6 is 24.0 Å². The minimum atomic E-state index is -0.418. The number of benzene rings is 1. The number of hydrogen-bond acceptors (Lipinski definition) is 3. The fourth-order valence-electron chi connectivity index (χ4n) is 2.12. The number of ether oxygens (including phenoxy) is 1. The van der Waals surface area contributed by atoms with Gasteiger partial charge in [0.15, 0.2) is 5.96 Å². The predicted molar refractivity (Wildman–Crippen MR) is 110 cm³/mol. The summed E-state index contributed by atoms with van der Waals surface area (Å²) in [5, 5.41) is 5.86. The Bertz CT molecular complexity index is 518. The van der Waals surface area contributed by atoms with E-state index >= 15 is 0 Å². The van der Waals surface area contributed by atoms with E-state index in [4.69, 9.17) is 10.5 Å². The average Bonchev–Trinajstić information content (AvgIpc) is 2.47. The summed E-state index contributed by atoms with van der Waals surface area (Å²) >= 11 is 0. The van der Waals surface area contributed by atoms with Crippen molar-refractivity contribution in [3.8, 4) is 0 Å². The number of nitrogens with two attached hydrogens (primary N) is 1. The SMILES string of the molecule is CCOC(=O)NC(CN=C(N)Nc1ccc(C)cc1)CC(C)C.I. The Balaban J connectivity index is 0.00000529. The minimum Gasteiger partial charge on any atom is -0.450 e. The van der Waals surface area contributed by atoms with Crippen molar-refractivity contribution < 1.29 is 9.53 Å². The molecular weight excluding hydrogens is 419 g/mol. The van der Waals surface area contributed by atoms with Crippen LogP contribution in [0.5, 0.6) is 0 Å². The summed E-state index contributed by atoms with van der Waals surface area (Å²) in [7, 11) is 0. The van der Waals surface area contributed by atoms with Crippen LogP contribution in [0.2, 0.25) is 0 Å². The minimum absolute atomic E-state index is 0. The summed E-state index contributed by atoms with van der Waals surface area (Å²) in [6.07, 6.45) is 0.388. The molecule has 0 heterocycles. The van der Waals surface area contributed by atoms with Gasteiger partial charge in [-0.1, -0.05) is 31.5 Å². The molecule has 1 aromatic carbocycles. The Morgan fingerprint density at radius 2 is 1.92 bits per heavy atom. The van der Waals surface area contributed by atoms with Crippen LogP contribution in [-0.2, 0) is 4.74 Å². The molecular formula is C17H29IN4O2. The molecule has 24 heavy (non-hydrogen) atoms. The van der Waals surface area contributed by atoms with E-state index in [0.29, 0.717) is 25.0 Å². The second-order valence-electron chi connectivity index (χ2n) is 5.91. The van der Waals surface area contributed by atoms with Gasteiger partial charge in [0, 0.05) is 5.69 Å². The molecule has 0 saturated carbocycles. The summed E-state index contributed by atoms with van der Waals surface area (Å²) in [6.45, 7) is 8.74. The monoisotopic (exact) mass is 448 g/mol. The number of halogens is 1. The topological polar surface area (TPSA) is 88.7 Å². The third kappa shape index (κ3) is 9.59. The molecule has 0 radical (unpaired) electrons. The molecule has 6 nitrogen and oxygen atoms in total. The molecule has 1 rings (SSSR count). The van der Waals surface area contributed by atoms with Crippen molar-refractivity contribution in [1.29, 1.82) is 0 Å². The van der Waals surface area contributed by atoms with Crippen LogP contribution in [-0.4, -0.2) is 31.2 Å². The number of aryl methyl sites for hydroxylation is 1. The van der Waals surface area contributed by atoms with Crippen molar-refractivity contribution in [2.75, 3.05) is 18.5 Å². The average molecular weight is 448 g/mol. The van der Waals surface area contributed by atoms with Crippen LogP contribution in [0.4, 0.5) is 10.5 Å². The highest BCUT2D eigenvalue weighted by Crippen LogP contribution is 2.09. The molecule has 0 bridgehead atoms. The number of aliphatic imine (C=N–C) groups is 1. The maximum Gasteiger partial charge on any atom is 0.407 e. The summed E-state index contributed by atoms with van der Waals surface area (Å²) in [5.41, 5.74) is 7.97. The van der Waals surface area contributed by atoms with Gasteiger partial charge in [0.2, 0.25) is 0 Å². The van der Waals surface area contributed by atoms with E-state index in [1.165, 1.54) is 5.56 Å². The number of rotatable bonds is 7. The zero-order valence-electron chi connectivity index (χ0n) is 14.8. The predicted octanol–water partition coefficient (Wildman–Crippen LogP) is 3.50. The Hall–Kier alpha value is -1.51. The molecule has 0 aliphatic carbocycles. The summed E-state index contributed by atoms with van der Waals surface area (Å²) < 4.78 is 4.92. The molecule has 0 fully saturated rings. The number of hydrogen-bond donors (Lipinski definition) is 3. The highest BCUT2D eigenvalue weighted by atomic mass is 127. The van der Waals surface area contributed by atoms with Crippen LogP contribution in [0.3, 0.4) is 0 Å². The van der Waals surface area contributed by atoms with Gasteiger partial charge in [0.25, 0.3) is 0 Å². The van der Waals surface area contributed by atoms with Crippen LogP contribution in [0.15, 0.2) is 29.3 Å². The molecule has 1 unspecified atom stereocenters. The van der Waals surface area contributed by atoms with Crippen molar-refractivity contribution >= 4 is 41.7 Å². The second-order valence-corrected chi connectivity index (χ2v) is 5.91. The van der Waals surface area contributed by atoms with E-state index < -0.39 is 6.09 Å².